The fourth-order valence-corrected chi connectivity index (χ4v) is 1.22. The molecule has 1 aromatic heterocycles. The number of hydrogen-bond acceptors (Lipinski definition) is 2. The van der Waals surface area contributed by atoms with Crippen molar-refractivity contribution in [1.82, 2.24) is 4.57 Å². The number of hydrogen-bond donors (Lipinski definition) is 0. The van der Waals surface area contributed by atoms with Crippen LogP contribution in [0.5, 0.6) is 0 Å². The summed E-state index contributed by atoms with van der Waals surface area (Å²) in [5, 5.41) is 0. The summed E-state index contributed by atoms with van der Waals surface area (Å²) in [5.74, 6) is 0. The lowest BCUT2D eigenvalue weighted by Gasteiger charge is -2.16. The Balaban J connectivity index is 2.65. The fraction of sp³-hybridized carbons (Fsp3) is 0.545. The molecule has 0 fully saturated rings. The number of pyridine rings is 1. The Morgan fingerprint density at radius 2 is 2.07 bits per heavy atom. The van der Waals surface area contributed by atoms with Gasteiger partial charge in [0.05, 0.1) is 18.8 Å². The molecule has 1 rings (SSSR count). The zero-order valence-corrected chi connectivity index (χ0v) is 8.93. The topological polar surface area (TPSA) is 31.2 Å². The highest BCUT2D eigenvalue weighted by Crippen LogP contribution is 2.03. The van der Waals surface area contributed by atoms with Crippen LogP contribution in [0.1, 0.15) is 26.8 Å². The molecule has 1 unspecified atom stereocenters. The van der Waals surface area contributed by atoms with Gasteiger partial charge in [-0.3, -0.25) is 4.79 Å². The maximum atomic E-state index is 11.4. The van der Waals surface area contributed by atoms with Gasteiger partial charge in [0.1, 0.15) is 0 Å². The van der Waals surface area contributed by atoms with Crippen molar-refractivity contribution in [2.45, 2.75) is 32.9 Å². The lowest BCUT2D eigenvalue weighted by molar-refractivity contribution is 0.0571. The van der Waals surface area contributed by atoms with Crippen molar-refractivity contribution >= 4 is 0 Å². The Morgan fingerprint density at radius 1 is 1.36 bits per heavy atom. The number of aromatic nitrogens is 1. The Kier molecular flexibility index (Phi) is 3.89. The van der Waals surface area contributed by atoms with Crippen LogP contribution in [0, 0.1) is 0 Å². The average Bonchev–Trinajstić information content (AvgIpc) is 2.15. The molecule has 0 N–H and O–H groups in total. The molecule has 0 saturated heterocycles. The van der Waals surface area contributed by atoms with Crippen molar-refractivity contribution in [3.63, 3.8) is 0 Å². The second-order valence-corrected chi connectivity index (χ2v) is 3.68. The third-order valence-corrected chi connectivity index (χ3v) is 2.00. The van der Waals surface area contributed by atoms with Crippen LogP contribution in [0.3, 0.4) is 0 Å². The van der Waals surface area contributed by atoms with Gasteiger partial charge in [-0.05, 0) is 26.8 Å². The molecule has 0 aromatic carbocycles. The van der Waals surface area contributed by atoms with Gasteiger partial charge in [0, 0.05) is 12.3 Å². The van der Waals surface area contributed by atoms with Gasteiger partial charge >= 0.3 is 0 Å². The maximum Gasteiger partial charge on any atom is 0.250 e. The van der Waals surface area contributed by atoms with Gasteiger partial charge in [-0.1, -0.05) is 6.07 Å². The summed E-state index contributed by atoms with van der Waals surface area (Å²) in [6, 6.07) is 5.25. The minimum Gasteiger partial charge on any atom is -0.377 e. The normalized spacial score (nSPS) is 13.1. The third-order valence-electron chi connectivity index (χ3n) is 2.00. The zero-order valence-electron chi connectivity index (χ0n) is 8.93. The van der Waals surface area contributed by atoms with Crippen LogP contribution in [0.2, 0.25) is 0 Å². The highest BCUT2D eigenvalue weighted by molar-refractivity contribution is 4.94. The molecule has 0 saturated carbocycles. The molecule has 1 atom stereocenters. The summed E-state index contributed by atoms with van der Waals surface area (Å²) in [7, 11) is 0. The van der Waals surface area contributed by atoms with Gasteiger partial charge < -0.3 is 9.30 Å². The first kappa shape index (κ1) is 11.0. The number of nitrogens with zero attached hydrogens (tertiary/aromatic N) is 1. The summed E-state index contributed by atoms with van der Waals surface area (Å²) < 4.78 is 7.14. The van der Waals surface area contributed by atoms with E-state index >= 15 is 0 Å². The Morgan fingerprint density at radius 3 is 2.64 bits per heavy atom. The van der Waals surface area contributed by atoms with Crippen LogP contribution in [-0.2, 0) is 4.74 Å². The first-order chi connectivity index (χ1) is 6.61. The maximum absolute atomic E-state index is 11.4. The summed E-state index contributed by atoms with van der Waals surface area (Å²) in [4.78, 5) is 11.4. The molecule has 3 nitrogen and oxygen atoms in total. The van der Waals surface area contributed by atoms with E-state index in [2.05, 4.69) is 0 Å². The zero-order chi connectivity index (χ0) is 10.6. The van der Waals surface area contributed by atoms with Crippen molar-refractivity contribution in [2.75, 3.05) is 6.61 Å². The van der Waals surface area contributed by atoms with Gasteiger partial charge in [0.2, 0.25) is 0 Å². The fourth-order valence-electron chi connectivity index (χ4n) is 1.22. The monoisotopic (exact) mass is 195 g/mol. The second kappa shape index (κ2) is 4.96. The highest BCUT2D eigenvalue weighted by atomic mass is 16.5. The largest absolute Gasteiger partial charge is 0.377 e. The molecule has 0 amide bonds. The molecule has 0 bridgehead atoms. The van der Waals surface area contributed by atoms with Crippen LogP contribution in [0.15, 0.2) is 29.2 Å². The van der Waals surface area contributed by atoms with Crippen molar-refractivity contribution in [3.05, 3.63) is 34.7 Å². The molecule has 78 valence electrons. The van der Waals surface area contributed by atoms with E-state index in [-0.39, 0.29) is 17.7 Å². The van der Waals surface area contributed by atoms with Crippen molar-refractivity contribution < 1.29 is 4.74 Å². The number of rotatable bonds is 4. The first-order valence-electron chi connectivity index (χ1n) is 4.90. The molecular weight excluding hydrogens is 178 g/mol. The van der Waals surface area contributed by atoms with Gasteiger partial charge in [-0.15, -0.1) is 0 Å². The SMILES string of the molecule is CC(C)OCC(C)n1ccccc1=O. The van der Waals surface area contributed by atoms with Crippen LogP contribution in [-0.4, -0.2) is 17.3 Å². The molecule has 0 spiro atoms. The van der Waals surface area contributed by atoms with Gasteiger partial charge in [0.15, 0.2) is 0 Å². The standard InChI is InChI=1S/C11H17NO2/c1-9(2)14-8-10(3)12-7-5-4-6-11(12)13/h4-7,9-10H,8H2,1-3H3. The minimum absolute atomic E-state index is 0.0207. The van der Waals surface area contributed by atoms with E-state index in [0.717, 1.165) is 0 Å². The quantitative estimate of drug-likeness (QED) is 0.734. The molecular formula is C11H17NO2. The van der Waals surface area contributed by atoms with Gasteiger partial charge in [0.25, 0.3) is 5.56 Å². The van der Waals surface area contributed by atoms with E-state index < -0.39 is 0 Å². The predicted molar refractivity (Wildman–Crippen MR) is 56.5 cm³/mol. The summed E-state index contributed by atoms with van der Waals surface area (Å²) in [5.41, 5.74) is 0.0207. The highest BCUT2D eigenvalue weighted by Gasteiger charge is 2.06. The van der Waals surface area contributed by atoms with Crippen LogP contribution >= 0.6 is 0 Å². The molecule has 3 heteroatoms. The van der Waals surface area contributed by atoms with E-state index in [0.29, 0.717) is 6.61 Å². The molecule has 0 radical (unpaired) electrons. The second-order valence-electron chi connectivity index (χ2n) is 3.68. The van der Waals surface area contributed by atoms with E-state index in [1.807, 2.05) is 26.8 Å². The molecule has 0 aliphatic carbocycles. The molecule has 1 heterocycles. The number of ether oxygens (including phenoxy) is 1. The Hall–Kier alpha value is -1.09. The van der Waals surface area contributed by atoms with E-state index in [1.165, 1.54) is 0 Å². The van der Waals surface area contributed by atoms with Crippen molar-refractivity contribution in [3.8, 4) is 0 Å². The van der Waals surface area contributed by atoms with Crippen molar-refractivity contribution in [2.24, 2.45) is 0 Å². The van der Waals surface area contributed by atoms with E-state index in [1.54, 1.807) is 22.9 Å². The molecule has 1 aromatic rings. The van der Waals surface area contributed by atoms with Crippen LogP contribution in [0.25, 0.3) is 0 Å². The predicted octanol–water partition coefficient (Wildman–Crippen LogP) is 1.83. The lowest BCUT2D eigenvalue weighted by atomic mass is 10.3. The van der Waals surface area contributed by atoms with Crippen LogP contribution < -0.4 is 5.56 Å². The average molecular weight is 195 g/mol. The van der Waals surface area contributed by atoms with Crippen molar-refractivity contribution in [1.29, 1.82) is 0 Å². The minimum atomic E-state index is 0.0207. The molecule has 0 aliphatic heterocycles. The van der Waals surface area contributed by atoms with E-state index in [4.69, 9.17) is 4.74 Å². The summed E-state index contributed by atoms with van der Waals surface area (Å²) in [6.45, 7) is 6.52. The first-order valence-corrected chi connectivity index (χ1v) is 4.90. The Labute approximate surface area is 84.3 Å². The molecule has 14 heavy (non-hydrogen) atoms. The van der Waals surface area contributed by atoms with Crippen LogP contribution in [0.4, 0.5) is 0 Å². The Bertz CT molecular complexity index is 330. The summed E-state index contributed by atoms with van der Waals surface area (Å²) in [6.07, 6.45) is 1.99. The van der Waals surface area contributed by atoms with E-state index in [9.17, 15) is 4.79 Å². The summed E-state index contributed by atoms with van der Waals surface area (Å²) >= 11 is 0. The van der Waals surface area contributed by atoms with Gasteiger partial charge in [-0.25, -0.2) is 0 Å². The van der Waals surface area contributed by atoms with Gasteiger partial charge in [-0.2, -0.15) is 0 Å². The smallest absolute Gasteiger partial charge is 0.250 e. The molecule has 0 aliphatic rings. The third kappa shape index (κ3) is 3.00. The lowest BCUT2D eigenvalue weighted by Crippen LogP contribution is -2.25.